The summed E-state index contributed by atoms with van der Waals surface area (Å²) in [7, 11) is 1.99. The zero-order valence-corrected chi connectivity index (χ0v) is 11.7. The van der Waals surface area contributed by atoms with Gasteiger partial charge in [-0.15, -0.1) is 0 Å². The number of nitrogens with zero attached hydrogens (tertiary/aromatic N) is 2. The van der Waals surface area contributed by atoms with E-state index in [4.69, 9.17) is 0 Å². The fourth-order valence-electron chi connectivity index (χ4n) is 2.70. The molecule has 4 heteroatoms. The maximum absolute atomic E-state index is 4.39. The van der Waals surface area contributed by atoms with Crippen molar-refractivity contribution < 1.29 is 0 Å². The van der Waals surface area contributed by atoms with E-state index in [9.17, 15) is 0 Å². The highest BCUT2D eigenvalue weighted by molar-refractivity contribution is 9.10. The van der Waals surface area contributed by atoms with Gasteiger partial charge in [-0.2, -0.15) is 5.10 Å². The standard InChI is InChI=1S/C13H16BrN3/c1-13(6-3-7-15-13)9-4-5-10-11(8-9)17(2)16-12(10)14/h4-5,8,15H,3,6-7H2,1-2H3. The van der Waals surface area contributed by atoms with Crippen LogP contribution in [0.4, 0.5) is 0 Å². The van der Waals surface area contributed by atoms with Crippen molar-refractivity contribution in [3.63, 3.8) is 0 Å². The van der Waals surface area contributed by atoms with Crippen molar-refractivity contribution in [2.24, 2.45) is 7.05 Å². The summed E-state index contributed by atoms with van der Waals surface area (Å²) in [5.41, 5.74) is 2.67. The molecule has 1 fully saturated rings. The highest BCUT2D eigenvalue weighted by atomic mass is 79.9. The molecule has 0 spiro atoms. The molecule has 1 aliphatic rings. The Morgan fingerprint density at radius 2 is 2.29 bits per heavy atom. The van der Waals surface area contributed by atoms with Crippen LogP contribution in [0, 0.1) is 0 Å². The Balaban J connectivity index is 2.16. The van der Waals surface area contributed by atoms with Gasteiger partial charge in [0.05, 0.1) is 5.52 Å². The third kappa shape index (κ3) is 1.70. The summed E-state index contributed by atoms with van der Waals surface area (Å²) in [6, 6.07) is 6.63. The van der Waals surface area contributed by atoms with Gasteiger partial charge in [0, 0.05) is 18.0 Å². The lowest BCUT2D eigenvalue weighted by atomic mass is 9.90. The molecule has 2 aromatic rings. The minimum Gasteiger partial charge on any atom is -0.308 e. The topological polar surface area (TPSA) is 29.9 Å². The van der Waals surface area contributed by atoms with E-state index in [1.165, 1.54) is 29.3 Å². The van der Waals surface area contributed by atoms with E-state index in [-0.39, 0.29) is 5.54 Å². The first-order valence-electron chi connectivity index (χ1n) is 5.98. The second-order valence-corrected chi connectivity index (χ2v) is 5.76. The molecule has 3 nitrogen and oxygen atoms in total. The lowest BCUT2D eigenvalue weighted by Crippen LogP contribution is -2.33. The van der Waals surface area contributed by atoms with Crippen molar-refractivity contribution in [3.8, 4) is 0 Å². The second-order valence-electron chi connectivity index (χ2n) is 5.01. The Morgan fingerprint density at radius 1 is 1.47 bits per heavy atom. The summed E-state index contributed by atoms with van der Waals surface area (Å²) in [5.74, 6) is 0. The molecule has 1 aromatic carbocycles. The maximum atomic E-state index is 4.39. The van der Waals surface area contributed by atoms with Gasteiger partial charge in [0.2, 0.25) is 0 Å². The fraction of sp³-hybridized carbons (Fsp3) is 0.462. The van der Waals surface area contributed by atoms with E-state index in [2.05, 4.69) is 51.5 Å². The Labute approximate surface area is 109 Å². The van der Waals surface area contributed by atoms with Crippen molar-refractivity contribution in [1.82, 2.24) is 15.1 Å². The van der Waals surface area contributed by atoms with Crippen molar-refractivity contribution in [2.75, 3.05) is 6.54 Å². The monoisotopic (exact) mass is 293 g/mol. The first-order valence-corrected chi connectivity index (χ1v) is 6.77. The van der Waals surface area contributed by atoms with Gasteiger partial charge in [0.15, 0.2) is 0 Å². The predicted octanol–water partition coefficient (Wildman–Crippen LogP) is 2.93. The van der Waals surface area contributed by atoms with Crippen LogP contribution in [-0.4, -0.2) is 16.3 Å². The number of hydrogen-bond acceptors (Lipinski definition) is 2. The maximum Gasteiger partial charge on any atom is 0.135 e. The molecule has 0 radical (unpaired) electrons. The zero-order valence-electron chi connectivity index (χ0n) is 10.1. The fourth-order valence-corrected chi connectivity index (χ4v) is 3.27. The quantitative estimate of drug-likeness (QED) is 0.876. The summed E-state index contributed by atoms with van der Waals surface area (Å²) >= 11 is 3.49. The van der Waals surface area contributed by atoms with Crippen LogP contribution in [0.15, 0.2) is 22.8 Å². The van der Waals surface area contributed by atoms with Crippen LogP contribution in [-0.2, 0) is 12.6 Å². The van der Waals surface area contributed by atoms with Crippen LogP contribution in [0.3, 0.4) is 0 Å². The van der Waals surface area contributed by atoms with E-state index in [0.717, 1.165) is 11.1 Å². The van der Waals surface area contributed by atoms with E-state index in [1.54, 1.807) is 0 Å². The SMILES string of the molecule is Cn1nc(Br)c2ccc(C3(C)CCCN3)cc21. The van der Waals surface area contributed by atoms with Crippen molar-refractivity contribution >= 4 is 26.8 Å². The molecule has 1 saturated heterocycles. The molecule has 1 aromatic heterocycles. The van der Waals surface area contributed by atoms with Gasteiger partial charge in [0.1, 0.15) is 4.60 Å². The minimum atomic E-state index is 0.130. The van der Waals surface area contributed by atoms with Gasteiger partial charge < -0.3 is 5.32 Å². The highest BCUT2D eigenvalue weighted by Gasteiger charge is 2.30. The molecular formula is C13H16BrN3. The van der Waals surface area contributed by atoms with Gasteiger partial charge in [0.25, 0.3) is 0 Å². The molecule has 1 N–H and O–H groups in total. The van der Waals surface area contributed by atoms with E-state index in [0.29, 0.717) is 0 Å². The molecule has 0 saturated carbocycles. The molecule has 0 bridgehead atoms. The molecule has 17 heavy (non-hydrogen) atoms. The summed E-state index contributed by atoms with van der Waals surface area (Å²) in [6.45, 7) is 3.40. The van der Waals surface area contributed by atoms with Gasteiger partial charge in [-0.3, -0.25) is 4.68 Å². The third-order valence-electron chi connectivity index (χ3n) is 3.81. The average molecular weight is 294 g/mol. The van der Waals surface area contributed by atoms with Crippen LogP contribution in [0.25, 0.3) is 10.9 Å². The van der Waals surface area contributed by atoms with Gasteiger partial charge >= 0.3 is 0 Å². The molecular weight excluding hydrogens is 278 g/mol. The zero-order chi connectivity index (χ0) is 12.0. The molecule has 3 rings (SSSR count). The Bertz CT molecular complexity index is 567. The Morgan fingerprint density at radius 3 is 3.00 bits per heavy atom. The number of aryl methyl sites for hydroxylation is 1. The normalized spacial score (nSPS) is 24.6. The predicted molar refractivity (Wildman–Crippen MR) is 73.0 cm³/mol. The highest BCUT2D eigenvalue weighted by Crippen LogP contribution is 2.33. The molecule has 2 heterocycles. The number of rotatable bonds is 1. The van der Waals surface area contributed by atoms with Crippen molar-refractivity contribution in [1.29, 1.82) is 0 Å². The van der Waals surface area contributed by atoms with E-state index in [1.807, 2.05) is 11.7 Å². The first-order chi connectivity index (χ1) is 8.10. The lowest BCUT2D eigenvalue weighted by Gasteiger charge is -2.25. The summed E-state index contributed by atoms with van der Waals surface area (Å²) in [6.07, 6.45) is 2.46. The number of fused-ring (bicyclic) bond motifs is 1. The smallest absolute Gasteiger partial charge is 0.135 e. The third-order valence-corrected chi connectivity index (χ3v) is 4.40. The van der Waals surface area contributed by atoms with Gasteiger partial charge in [-0.1, -0.05) is 6.07 Å². The van der Waals surface area contributed by atoms with Crippen LogP contribution in [0.1, 0.15) is 25.3 Å². The van der Waals surface area contributed by atoms with Crippen molar-refractivity contribution in [2.45, 2.75) is 25.3 Å². The molecule has 1 atom stereocenters. The molecule has 1 aliphatic heterocycles. The number of aromatic nitrogens is 2. The molecule has 1 unspecified atom stereocenters. The number of nitrogens with one attached hydrogen (secondary N) is 1. The summed E-state index contributed by atoms with van der Waals surface area (Å²) in [5, 5.41) is 9.17. The molecule has 0 aliphatic carbocycles. The van der Waals surface area contributed by atoms with Crippen LogP contribution >= 0.6 is 15.9 Å². The van der Waals surface area contributed by atoms with Gasteiger partial charge in [-0.05, 0) is 59.9 Å². The van der Waals surface area contributed by atoms with Crippen LogP contribution in [0.2, 0.25) is 0 Å². The number of benzene rings is 1. The first kappa shape index (κ1) is 11.2. The Kier molecular flexibility index (Phi) is 2.52. The number of halogens is 1. The summed E-state index contributed by atoms with van der Waals surface area (Å²) < 4.78 is 2.85. The average Bonchev–Trinajstić information content (AvgIpc) is 2.86. The van der Waals surface area contributed by atoms with Gasteiger partial charge in [-0.25, -0.2) is 0 Å². The Hall–Kier alpha value is -0.870. The van der Waals surface area contributed by atoms with E-state index < -0.39 is 0 Å². The summed E-state index contributed by atoms with van der Waals surface area (Å²) in [4.78, 5) is 0. The lowest BCUT2D eigenvalue weighted by molar-refractivity contribution is 0.435. The molecule has 0 amide bonds. The largest absolute Gasteiger partial charge is 0.308 e. The van der Waals surface area contributed by atoms with E-state index >= 15 is 0 Å². The minimum absolute atomic E-state index is 0.130. The second kappa shape index (κ2) is 3.82. The van der Waals surface area contributed by atoms with Crippen LogP contribution in [0.5, 0.6) is 0 Å². The molecule has 90 valence electrons. The van der Waals surface area contributed by atoms with Crippen molar-refractivity contribution in [3.05, 3.63) is 28.4 Å². The number of hydrogen-bond donors (Lipinski definition) is 1. The van der Waals surface area contributed by atoms with Crippen LogP contribution < -0.4 is 5.32 Å².